The van der Waals surface area contributed by atoms with Gasteiger partial charge in [0.2, 0.25) is 0 Å². The minimum atomic E-state index is 0.0985. The van der Waals surface area contributed by atoms with E-state index < -0.39 is 0 Å². The first kappa shape index (κ1) is 14.7. The molecule has 0 aliphatic heterocycles. The molecule has 0 heterocycles. The van der Waals surface area contributed by atoms with Crippen LogP contribution < -0.4 is 10.1 Å². The maximum atomic E-state index is 6.21. The molecule has 0 bridgehead atoms. The average Bonchev–Trinajstić information content (AvgIpc) is 2.41. The summed E-state index contributed by atoms with van der Waals surface area (Å²) in [4.78, 5) is 0. The van der Waals surface area contributed by atoms with Crippen LogP contribution in [0.15, 0.2) is 48.5 Å². The van der Waals surface area contributed by atoms with Gasteiger partial charge in [-0.3, -0.25) is 0 Å². The minimum Gasteiger partial charge on any atom is -0.473 e. The van der Waals surface area contributed by atoms with Gasteiger partial charge in [0.05, 0.1) is 10.7 Å². The highest BCUT2D eigenvalue weighted by atomic mass is 35.5. The molecule has 0 aromatic heterocycles. The molecule has 0 radical (unpaired) electrons. The molecule has 0 amide bonds. The molecular formula is C17H20ClNO. The second-order valence-corrected chi connectivity index (χ2v) is 6.13. The van der Waals surface area contributed by atoms with Crippen molar-refractivity contribution in [3.8, 4) is 5.75 Å². The third-order valence-corrected chi connectivity index (χ3v) is 3.41. The number of ether oxygens (including phenoxy) is 1. The smallest absolute Gasteiger partial charge is 0.159 e. The van der Waals surface area contributed by atoms with Gasteiger partial charge in [0.15, 0.2) is 6.73 Å². The van der Waals surface area contributed by atoms with Gasteiger partial charge in [-0.25, -0.2) is 0 Å². The Morgan fingerprint density at radius 1 is 1.05 bits per heavy atom. The summed E-state index contributed by atoms with van der Waals surface area (Å²) in [6.45, 7) is 6.93. The van der Waals surface area contributed by atoms with Gasteiger partial charge in [-0.2, -0.15) is 0 Å². The Hall–Kier alpha value is -1.67. The van der Waals surface area contributed by atoms with Gasteiger partial charge in [-0.05, 0) is 35.2 Å². The zero-order valence-electron chi connectivity index (χ0n) is 12.1. The first-order valence-electron chi connectivity index (χ1n) is 6.68. The zero-order valence-corrected chi connectivity index (χ0v) is 12.9. The first-order valence-corrected chi connectivity index (χ1v) is 7.06. The van der Waals surface area contributed by atoms with Crippen LogP contribution in [0.1, 0.15) is 26.3 Å². The summed E-state index contributed by atoms with van der Waals surface area (Å²) in [5.41, 5.74) is 2.24. The van der Waals surface area contributed by atoms with Gasteiger partial charge in [-0.15, -0.1) is 0 Å². The fraction of sp³-hybridized carbons (Fsp3) is 0.294. The van der Waals surface area contributed by atoms with E-state index in [-0.39, 0.29) is 5.41 Å². The lowest BCUT2D eigenvalue weighted by Crippen LogP contribution is -2.13. The van der Waals surface area contributed by atoms with Crippen molar-refractivity contribution < 1.29 is 4.74 Å². The molecule has 1 N–H and O–H groups in total. The van der Waals surface area contributed by atoms with Crippen molar-refractivity contribution in [3.63, 3.8) is 0 Å². The van der Waals surface area contributed by atoms with Gasteiger partial charge in [0, 0.05) is 0 Å². The maximum Gasteiger partial charge on any atom is 0.159 e. The highest BCUT2D eigenvalue weighted by Gasteiger charge is 2.15. The SMILES string of the molecule is CC(C)(C)c1ccc(Cl)c(NCOc2ccccc2)c1. The predicted octanol–water partition coefficient (Wildman–Crippen LogP) is 5.09. The molecule has 3 heteroatoms. The van der Waals surface area contributed by atoms with E-state index in [1.165, 1.54) is 5.56 Å². The van der Waals surface area contributed by atoms with Crippen molar-refractivity contribution in [2.45, 2.75) is 26.2 Å². The monoisotopic (exact) mass is 289 g/mol. The third kappa shape index (κ3) is 3.91. The van der Waals surface area contributed by atoms with E-state index in [1.807, 2.05) is 36.4 Å². The summed E-state index contributed by atoms with van der Waals surface area (Å²) in [5, 5.41) is 3.92. The number of benzene rings is 2. The molecule has 0 saturated carbocycles. The van der Waals surface area contributed by atoms with Gasteiger partial charge in [0.25, 0.3) is 0 Å². The van der Waals surface area contributed by atoms with E-state index in [2.05, 4.69) is 38.2 Å². The molecule has 0 fully saturated rings. The molecule has 0 aliphatic rings. The predicted molar refractivity (Wildman–Crippen MR) is 85.7 cm³/mol. The number of hydrogen-bond donors (Lipinski definition) is 1. The molecule has 0 saturated heterocycles. The van der Waals surface area contributed by atoms with E-state index in [1.54, 1.807) is 0 Å². The topological polar surface area (TPSA) is 21.3 Å². The van der Waals surface area contributed by atoms with Gasteiger partial charge >= 0.3 is 0 Å². The Balaban J connectivity index is 2.02. The van der Waals surface area contributed by atoms with Gasteiger partial charge in [0.1, 0.15) is 5.75 Å². The molecule has 2 aromatic carbocycles. The van der Waals surface area contributed by atoms with Crippen LogP contribution in [0.3, 0.4) is 0 Å². The largest absolute Gasteiger partial charge is 0.473 e. The van der Waals surface area contributed by atoms with Crippen molar-refractivity contribution in [2.24, 2.45) is 0 Å². The first-order chi connectivity index (χ1) is 9.47. The van der Waals surface area contributed by atoms with Crippen molar-refractivity contribution in [1.29, 1.82) is 0 Å². The standard InChI is InChI=1S/C17H20ClNO/c1-17(2,3)13-9-10-15(18)16(11-13)19-12-20-14-7-5-4-6-8-14/h4-11,19H,12H2,1-3H3. The minimum absolute atomic E-state index is 0.0985. The fourth-order valence-electron chi connectivity index (χ4n) is 1.84. The van der Waals surface area contributed by atoms with Crippen LogP contribution in [0.25, 0.3) is 0 Å². The highest BCUT2D eigenvalue weighted by molar-refractivity contribution is 6.33. The molecule has 0 aliphatic carbocycles. The molecule has 0 atom stereocenters. The van der Waals surface area contributed by atoms with Crippen LogP contribution >= 0.6 is 11.6 Å². The van der Waals surface area contributed by atoms with Crippen molar-refractivity contribution >= 4 is 17.3 Å². The van der Waals surface area contributed by atoms with Crippen molar-refractivity contribution in [2.75, 3.05) is 12.0 Å². The lowest BCUT2D eigenvalue weighted by atomic mass is 9.87. The van der Waals surface area contributed by atoms with Gasteiger partial charge < -0.3 is 10.1 Å². The van der Waals surface area contributed by atoms with Crippen LogP contribution in [0.2, 0.25) is 5.02 Å². The average molecular weight is 290 g/mol. The molecular weight excluding hydrogens is 270 g/mol. The van der Waals surface area contributed by atoms with Crippen LogP contribution in [-0.2, 0) is 5.41 Å². The van der Waals surface area contributed by atoms with Crippen LogP contribution in [-0.4, -0.2) is 6.73 Å². The van der Waals surface area contributed by atoms with Crippen LogP contribution in [0.5, 0.6) is 5.75 Å². The summed E-state index contributed by atoms with van der Waals surface area (Å²) in [6.07, 6.45) is 0. The quantitative estimate of drug-likeness (QED) is 0.792. The molecule has 0 unspecified atom stereocenters. The number of hydrogen-bond acceptors (Lipinski definition) is 2. The lowest BCUT2D eigenvalue weighted by Gasteiger charge is -2.21. The number of nitrogens with one attached hydrogen (secondary N) is 1. The van der Waals surface area contributed by atoms with Crippen molar-refractivity contribution in [3.05, 3.63) is 59.1 Å². The third-order valence-electron chi connectivity index (χ3n) is 3.08. The second kappa shape index (κ2) is 6.19. The summed E-state index contributed by atoms with van der Waals surface area (Å²) < 4.78 is 5.62. The molecule has 106 valence electrons. The summed E-state index contributed by atoms with van der Waals surface area (Å²) >= 11 is 6.21. The van der Waals surface area contributed by atoms with E-state index in [0.29, 0.717) is 11.8 Å². The Bertz CT molecular complexity index is 561. The van der Waals surface area contributed by atoms with E-state index >= 15 is 0 Å². The van der Waals surface area contributed by atoms with Crippen LogP contribution in [0, 0.1) is 0 Å². The maximum absolute atomic E-state index is 6.21. The molecule has 0 spiro atoms. The van der Waals surface area contributed by atoms with E-state index in [9.17, 15) is 0 Å². The number of rotatable bonds is 4. The van der Waals surface area contributed by atoms with Crippen LogP contribution in [0.4, 0.5) is 5.69 Å². The number of anilines is 1. The Morgan fingerprint density at radius 2 is 1.75 bits per heavy atom. The Kier molecular flexibility index (Phi) is 4.56. The molecule has 20 heavy (non-hydrogen) atoms. The van der Waals surface area contributed by atoms with E-state index in [0.717, 1.165) is 11.4 Å². The number of halogens is 1. The zero-order chi connectivity index (χ0) is 14.6. The van der Waals surface area contributed by atoms with Gasteiger partial charge in [-0.1, -0.05) is 56.6 Å². The molecule has 2 aromatic rings. The summed E-state index contributed by atoms with van der Waals surface area (Å²) in [5.74, 6) is 0.836. The highest BCUT2D eigenvalue weighted by Crippen LogP contribution is 2.29. The second-order valence-electron chi connectivity index (χ2n) is 5.72. The van der Waals surface area contributed by atoms with Crippen molar-refractivity contribution in [1.82, 2.24) is 0 Å². The number of para-hydroxylation sites is 1. The Morgan fingerprint density at radius 3 is 2.40 bits per heavy atom. The fourth-order valence-corrected chi connectivity index (χ4v) is 2.03. The lowest BCUT2D eigenvalue weighted by molar-refractivity contribution is 0.347. The van der Waals surface area contributed by atoms with E-state index in [4.69, 9.17) is 16.3 Å². The summed E-state index contributed by atoms with van der Waals surface area (Å²) in [7, 11) is 0. The summed E-state index contributed by atoms with van der Waals surface area (Å²) in [6, 6.07) is 15.8. The molecule has 2 nitrogen and oxygen atoms in total. The normalized spacial score (nSPS) is 11.2. The Labute approximate surface area is 125 Å². The molecule has 2 rings (SSSR count).